The van der Waals surface area contributed by atoms with Crippen molar-refractivity contribution < 1.29 is 9.13 Å². The smallest absolute Gasteiger partial charge is 0.353 e. The Morgan fingerprint density at radius 2 is 1.09 bits per heavy atom. The molecule has 0 radical (unpaired) electrons. The fourth-order valence-corrected chi connectivity index (χ4v) is 5.43. The molecule has 4 N–H and O–H groups in total. The zero-order valence-electron chi connectivity index (χ0n) is 21.1. The van der Waals surface area contributed by atoms with Crippen LogP contribution in [0.4, 0.5) is 11.4 Å². The number of aromatic nitrogens is 2. The number of benzene rings is 2. The van der Waals surface area contributed by atoms with Gasteiger partial charge in [-0.25, -0.2) is 0 Å². The molecule has 0 bridgehead atoms. The lowest BCUT2D eigenvalue weighted by Gasteiger charge is -2.17. The molecule has 0 fully saturated rings. The van der Waals surface area contributed by atoms with Crippen molar-refractivity contribution in [3.63, 3.8) is 0 Å². The van der Waals surface area contributed by atoms with Crippen molar-refractivity contribution in [1.82, 2.24) is 0 Å². The zero-order chi connectivity index (χ0) is 24.1. The van der Waals surface area contributed by atoms with Crippen molar-refractivity contribution >= 4 is 33.2 Å². The van der Waals surface area contributed by atoms with Crippen molar-refractivity contribution in [3.8, 4) is 0 Å². The molecule has 2 aromatic carbocycles. The molecular formula is C30H40N4+2. The van der Waals surface area contributed by atoms with Gasteiger partial charge in [0.2, 0.25) is 11.0 Å². The summed E-state index contributed by atoms with van der Waals surface area (Å²) in [5.74, 6) is 0. The van der Waals surface area contributed by atoms with Gasteiger partial charge in [0, 0.05) is 38.1 Å². The number of unbranched alkanes of at least 4 members (excludes halogenated alkanes) is 6. The third-order valence-electron chi connectivity index (χ3n) is 7.10. The summed E-state index contributed by atoms with van der Waals surface area (Å²) in [5.41, 5.74) is 19.3. The Morgan fingerprint density at radius 1 is 0.647 bits per heavy atom. The van der Waals surface area contributed by atoms with Crippen LogP contribution in [0.25, 0.3) is 21.8 Å². The maximum Gasteiger partial charge on any atom is 0.353 e. The van der Waals surface area contributed by atoms with Crippen LogP contribution in [0, 0.1) is 13.8 Å². The van der Waals surface area contributed by atoms with Gasteiger partial charge in [-0.15, -0.1) is 9.13 Å². The lowest BCUT2D eigenvalue weighted by atomic mass is 10.0. The summed E-state index contributed by atoms with van der Waals surface area (Å²) < 4.78 is 4.97. The molecule has 0 aliphatic heterocycles. The van der Waals surface area contributed by atoms with Gasteiger partial charge in [0.1, 0.15) is 0 Å². The number of nitrogens with zero attached hydrogens (tertiary/aromatic N) is 2. The molecule has 2 aromatic heterocycles. The second-order valence-electron chi connectivity index (χ2n) is 9.65. The molecular weight excluding hydrogens is 416 g/mol. The van der Waals surface area contributed by atoms with Crippen LogP contribution in [0.3, 0.4) is 0 Å². The fourth-order valence-electron chi connectivity index (χ4n) is 5.43. The van der Waals surface area contributed by atoms with Crippen LogP contribution in [-0.2, 0) is 0 Å². The average molecular weight is 457 g/mol. The first-order valence-corrected chi connectivity index (χ1v) is 12.9. The van der Waals surface area contributed by atoms with Crippen LogP contribution < -0.4 is 20.6 Å². The molecule has 0 saturated heterocycles. The van der Waals surface area contributed by atoms with E-state index in [1.165, 1.54) is 67.4 Å². The van der Waals surface area contributed by atoms with Gasteiger partial charge in [0.15, 0.2) is 11.4 Å². The highest BCUT2D eigenvalue weighted by Crippen LogP contribution is 2.25. The first-order valence-electron chi connectivity index (χ1n) is 12.9. The van der Waals surface area contributed by atoms with Crippen LogP contribution in [0.2, 0.25) is 0 Å². The van der Waals surface area contributed by atoms with E-state index in [0.717, 1.165) is 28.6 Å². The van der Waals surface area contributed by atoms with Gasteiger partial charge in [0.05, 0.1) is 28.6 Å². The van der Waals surface area contributed by atoms with Gasteiger partial charge < -0.3 is 11.5 Å². The monoisotopic (exact) mass is 456 g/mol. The summed E-state index contributed by atoms with van der Waals surface area (Å²) in [6, 6.07) is 21.3. The lowest BCUT2D eigenvalue weighted by molar-refractivity contribution is -0.928. The van der Waals surface area contributed by atoms with Gasteiger partial charge in [-0.05, 0) is 18.6 Å². The molecule has 178 valence electrons. The summed E-state index contributed by atoms with van der Waals surface area (Å²) in [7, 11) is 0. The van der Waals surface area contributed by atoms with E-state index in [4.69, 9.17) is 11.5 Å². The number of para-hydroxylation sites is 2. The van der Waals surface area contributed by atoms with E-state index in [1.807, 2.05) is 0 Å². The highest BCUT2D eigenvalue weighted by Gasteiger charge is 2.35. The molecule has 2 heterocycles. The van der Waals surface area contributed by atoms with Crippen LogP contribution in [0.5, 0.6) is 0 Å². The van der Waals surface area contributed by atoms with E-state index in [0.29, 0.717) is 0 Å². The van der Waals surface area contributed by atoms with E-state index in [2.05, 4.69) is 90.6 Å². The van der Waals surface area contributed by atoms with Crippen LogP contribution in [-0.4, -0.2) is 0 Å². The molecule has 0 spiro atoms. The Balaban J connectivity index is 1.81. The Morgan fingerprint density at radius 3 is 1.59 bits per heavy atom. The highest BCUT2D eigenvalue weighted by atomic mass is 15.2. The molecule has 0 atom stereocenters. The molecule has 4 heteroatoms. The minimum absolute atomic E-state index is 0.145. The molecule has 4 rings (SSSR count). The maximum absolute atomic E-state index is 6.45. The van der Waals surface area contributed by atoms with Gasteiger partial charge in [-0.1, -0.05) is 69.7 Å². The fraction of sp³-hybridized carbons (Fsp3) is 0.400. The van der Waals surface area contributed by atoms with E-state index >= 15 is 0 Å². The lowest BCUT2D eigenvalue weighted by Crippen LogP contribution is -2.60. The Labute approximate surface area is 204 Å². The quantitative estimate of drug-likeness (QED) is 0.210. The second-order valence-corrected chi connectivity index (χ2v) is 9.65. The van der Waals surface area contributed by atoms with Crippen molar-refractivity contribution in [3.05, 3.63) is 72.1 Å². The van der Waals surface area contributed by atoms with E-state index < -0.39 is 0 Å². The minimum Gasteiger partial charge on any atom is -0.398 e. The number of nitrogen functional groups attached to an aromatic ring is 2. The average Bonchev–Trinajstić information content (AvgIpc) is 2.83. The van der Waals surface area contributed by atoms with Crippen LogP contribution in [0.15, 0.2) is 60.7 Å². The summed E-state index contributed by atoms with van der Waals surface area (Å²) in [6.07, 6.45) is 10.3. The predicted octanol–water partition coefficient (Wildman–Crippen LogP) is 6.54. The molecule has 0 unspecified atom stereocenters. The number of aryl methyl sites for hydroxylation is 2. The standard InChI is InChI=1S/C30H38N4/c1-4-5-6-7-8-9-10-19-30(33-22(2)20-26(31)24-15-11-13-17-28(24)33)34-23(3)21-27(32)25-16-12-14-18-29(25)34/h11-18,20-21,30-32H,4-10,19H2,1-3H3/p+2. The number of hydrogen-bond donors (Lipinski definition) is 2. The molecule has 4 nitrogen and oxygen atoms in total. The van der Waals surface area contributed by atoms with Crippen molar-refractivity contribution in [1.29, 1.82) is 0 Å². The topological polar surface area (TPSA) is 59.8 Å². The first-order chi connectivity index (χ1) is 16.5. The van der Waals surface area contributed by atoms with Crippen LogP contribution >= 0.6 is 0 Å². The number of pyridine rings is 2. The van der Waals surface area contributed by atoms with Gasteiger partial charge in [-0.2, -0.15) is 0 Å². The molecule has 34 heavy (non-hydrogen) atoms. The number of rotatable bonds is 10. The summed E-state index contributed by atoms with van der Waals surface area (Å²) in [5, 5.41) is 2.21. The third-order valence-corrected chi connectivity index (χ3v) is 7.10. The molecule has 4 aromatic rings. The Hall–Kier alpha value is -3.14. The number of hydrogen-bond acceptors (Lipinski definition) is 2. The third kappa shape index (κ3) is 4.86. The molecule has 0 aliphatic carbocycles. The van der Waals surface area contributed by atoms with Crippen molar-refractivity contribution in [2.45, 2.75) is 78.3 Å². The zero-order valence-corrected chi connectivity index (χ0v) is 21.1. The van der Waals surface area contributed by atoms with E-state index in [9.17, 15) is 0 Å². The molecule has 0 saturated carbocycles. The van der Waals surface area contributed by atoms with Gasteiger partial charge >= 0.3 is 6.17 Å². The summed E-state index contributed by atoms with van der Waals surface area (Å²) >= 11 is 0. The minimum atomic E-state index is 0.145. The molecule has 0 aliphatic rings. The van der Waals surface area contributed by atoms with Gasteiger partial charge in [-0.3, -0.25) is 0 Å². The van der Waals surface area contributed by atoms with Crippen LogP contribution in [0.1, 0.15) is 75.8 Å². The normalized spacial score (nSPS) is 11.6. The molecule has 0 amide bonds. The predicted molar refractivity (Wildman–Crippen MR) is 144 cm³/mol. The summed E-state index contributed by atoms with van der Waals surface area (Å²) in [4.78, 5) is 0. The number of fused-ring (bicyclic) bond motifs is 2. The second kappa shape index (κ2) is 10.9. The van der Waals surface area contributed by atoms with E-state index in [-0.39, 0.29) is 6.17 Å². The van der Waals surface area contributed by atoms with E-state index in [1.54, 1.807) is 0 Å². The van der Waals surface area contributed by atoms with Crippen molar-refractivity contribution in [2.75, 3.05) is 11.5 Å². The summed E-state index contributed by atoms with van der Waals surface area (Å²) in [6.45, 7) is 6.63. The SMILES string of the molecule is CCCCCCCCCC([n+]1c(C)cc(N)c2ccccc21)[n+]1c(C)cc(N)c2ccccc21. The maximum atomic E-state index is 6.45. The highest BCUT2D eigenvalue weighted by molar-refractivity contribution is 5.88. The Kier molecular flexibility index (Phi) is 7.66. The Bertz CT molecular complexity index is 1190. The number of nitrogens with two attached hydrogens (primary N) is 2. The van der Waals surface area contributed by atoms with Gasteiger partial charge in [0.25, 0.3) is 0 Å². The first kappa shape index (κ1) is 24.0. The number of anilines is 2. The largest absolute Gasteiger partial charge is 0.398 e. The van der Waals surface area contributed by atoms with Crippen molar-refractivity contribution in [2.24, 2.45) is 0 Å².